The second-order valence-corrected chi connectivity index (χ2v) is 5.12. The summed E-state index contributed by atoms with van der Waals surface area (Å²) in [6.07, 6.45) is 4.18. The maximum absolute atomic E-state index is 5.86. The molecule has 4 N–H and O–H groups in total. The molecule has 1 heterocycles. The maximum atomic E-state index is 5.86. The van der Waals surface area contributed by atoms with Gasteiger partial charge >= 0.3 is 0 Å². The molecule has 1 aliphatic carbocycles. The molecule has 0 aromatic carbocycles. The van der Waals surface area contributed by atoms with E-state index in [1.165, 1.54) is 32.4 Å². The Bertz CT molecular complexity index is 201. The van der Waals surface area contributed by atoms with Gasteiger partial charge in [0.2, 0.25) is 0 Å². The average molecular weight is 197 g/mol. The van der Waals surface area contributed by atoms with Crippen molar-refractivity contribution in [3.8, 4) is 0 Å². The van der Waals surface area contributed by atoms with Gasteiger partial charge in [-0.2, -0.15) is 0 Å². The molecule has 0 aromatic rings. The summed E-state index contributed by atoms with van der Waals surface area (Å²) in [5.41, 5.74) is 12.2. The third kappa shape index (κ3) is 1.69. The van der Waals surface area contributed by atoms with Crippen molar-refractivity contribution in [2.24, 2.45) is 22.8 Å². The smallest absolute Gasteiger partial charge is 0.0190 e. The molecule has 0 aromatic heterocycles. The Labute approximate surface area is 86.8 Å². The van der Waals surface area contributed by atoms with Crippen LogP contribution in [0.3, 0.4) is 0 Å². The molecule has 2 unspecified atom stereocenters. The van der Waals surface area contributed by atoms with Gasteiger partial charge < -0.3 is 11.5 Å². The van der Waals surface area contributed by atoms with Crippen LogP contribution in [0.4, 0.5) is 0 Å². The zero-order valence-electron chi connectivity index (χ0n) is 9.21. The summed E-state index contributed by atoms with van der Waals surface area (Å²) in [6.45, 7) is 6.25. The van der Waals surface area contributed by atoms with Crippen molar-refractivity contribution >= 4 is 0 Å². The third-order valence-electron chi connectivity index (χ3n) is 4.36. The lowest BCUT2D eigenvalue weighted by molar-refractivity contribution is 0.0811. The second kappa shape index (κ2) is 3.80. The Morgan fingerprint density at radius 3 is 2.57 bits per heavy atom. The fraction of sp³-hybridized carbons (Fsp3) is 1.00. The Morgan fingerprint density at radius 2 is 2.07 bits per heavy atom. The largest absolute Gasteiger partial charge is 0.330 e. The summed E-state index contributed by atoms with van der Waals surface area (Å²) < 4.78 is 0. The van der Waals surface area contributed by atoms with Gasteiger partial charge in [0.25, 0.3) is 0 Å². The highest BCUT2D eigenvalue weighted by atomic mass is 15.2. The molecule has 2 aliphatic rings. The molecular formula is C11H23N3. The van der Waals surface area contributed by atoms with Gasteiger partial charge in [0.1, 0.15) is 0 Å². The van der Waals surface area contributed by atoms with Crippen molar-refractivity contribution in [2.45, 2.75) is 32.2 Å². The number of likely N-dealkylation sites (tertiary alicyclic amines) is 1. The molecule has 1 spiro atoms. The quantitative estimate of drug-likeness (QED) is 0.688. The highest BCUT2D eigenvalue weighted by molar-refractivity contribution is 5.03. The van der Waals surface area contributed by atoms with E-state index in [2.05, 4.69) is 11.8 Å². The van der Waals surface area contributed by atoms with Gasteiger partial charge in [-0.3, -0.25) is 4.90 Å². The fourth-order valence-electron chi connectivity index (χ4n) is 2.83. The fourth-order valence-corrected chi connectivity index (χ4v) is 2.83. The van der Waals surface area contributed by atoms with Gasteiger partial charge in [-0.25, -0.2) is 0 Å². The number of nitrogens with zero attached hydrogens (tertiary/aromatic N) is 1. The van der Waals surface area contributed by atoms with E-state index in [4.69, 9.17) is 11.5 Å². The van der Waals surface area contributed by atoms with Crippen molar-refractivity contribution in [3.05, 3.63) is 0 Å². The Morgan fingerprint density at radius 1 is 1.36 bits per heavy atom. The molecule has 0 radical (unpaired) electrons. The van der Waals surface area contributed by atoms with Crippen LogP contribution in [0.5, 0.6) is 0 Å². The summed E-state index contributed by atoms with van der Waals surface area (Å²) in [4.78, 5) is 2.51. The lowest BCUT2D eigenvalue weighted by atomic mass is 9.82. The zero-order valence-corrected chi connectivity index (χ0v) is 9.21. The summed E-state index contributed by atoms with van der Waals surface area (Å²) in [5, 5.41) is 0. The summed E-state index contributed by atoms with van der Waals surface area (Å²) >= 11 is 0. The van der Waals surface area contributed by atoms with Crippen LogP contribution in [0.15, 0.2) is 0 Å². The van der Waals surface area contributed by atoms with Crippen LogP contribution in [0.2, 0.25) is 0 Å². The van der Waals surface area contributed by atoms with E-state index in [1.54, 1.807) is 0 Å². The summed E-state index contributed by atoms with van der Waals surface area (Å²) in [7, 11) is 0. The van der Waals surface area contributed by atoms with Crippen LogP contribution >= 0.6 is 0 Å². The zero-order chi connectivity index (χ0) is 10.2. The van der Waals surface area contributed by atoms with Gasteiger partial charge in [0.15, 0.2) is 0 Å². The third-order valence-corrected chi connectivity index (χ3v) is 4.36. The average Bonchev–Trinajstić information content (AvgIpc) is 2.98. The number of hydrogen-bond acceptors (Lipinski definition) is 3. The van der Waals surface area contributed by atoms with E-state index < -0.39 is 0 Å². The topological polar surface area (TPSA) is 55.3 Å². The highest BCUT2D eigenvalue weighted by Crippen LogP contribution is 2.56. The summed E-state index contributed by atoms with van der Waals surface area (Å²) in [5.74, 6) is 0.727. The van der Waals surface area contributed by atoms with Gasteiger partial charge in [-0.15, -0.1) is 0 Å². The first-order valence-electron chi connectivity index (χ1n) is 5.86. The standard InChI is InChI=1S/C11H23N3/c1-9(6-12)14-5-4-11(2-3-11)10(7-13)8-14/h9-10H,2-8,12-13H2,1H3. The van der Waals surface area contributed by atoms with E-state index in [9.17, 15) is 0 Å². The molecule has 14 heavy (non-hydrogen) atoms. The Balaban J connectivity index is 1.94. The van der Waals surface area contributed by atoms with Crippen molar-refractivity contribution in [3.63, 3.8) is 0 Å². The lowest BCUT2D eigenvalue weighted by Crippen LogP contribution is -2.49. The molecular weight excluding hydrogens is 174 g/mol. The van der Waals surface area contributed by atoms with E-state index in [0.717, 1.165) is 19.0 Å². The molecule has 2 fully saturated rings. The second-order valence-electron chi connectivity index (χ2n) is 5.12. The predicted octanol–water partition coefficient (Wildman–Crippen LogP) is 0.394. The number of piperidine rings is 1. The minimum Gasteiger partial charge on any atom is -0.330 e. The monoisotopic (exact) mass is 197 g/mol. The van der Waals surface area contributed by atoms with Crippen LogP contribution in [0.25, 0.3) is 0 Å². The van der Waals surface area contributed by atoms with Crippen molar-refractivity contribution in [1.82, 2.24) is 4.90 Å². The van der Waals surface area contributed by atoms with Gasteiger partial charge in [0, 0.05) is 19.1 Å². The Kier molecular flexibility index (Phi) is 2.82. The van der Waals surface area contributed by atoms with Gasteiger partial charge in [-0.05, 0) is 50.6 Å². The highest BCUT2D eigenvalue weighted by Gasteiger charge is 2.51. The first-order chi connectivity index (χ1) is 6.72. The minimum atomic E-state index is 0.528. The van der Waals surface area contributed by atoms with Gasteiger partial charge in [0.05, 0.1) is 0 Å². The molecule has 0 bridgehead atoms. The molecule has 3 nitrogen and oxygen atoms in total. The molecule has 2 atom stereocenters. The number of rotatable bonds is 3. The molecule has 0 amide bonds. The van der Waals surface area contributed by atoms with E-state index in [1.807, 2.05) is 0 Å². The molecule has 3 heteroatoms. The van der Waals surface area contributed by atoms with Crippen LogP contribution in [-0.2, 0) is 0 Å². The number of nitrogens with two attached hydrogens (primary N) is 2. The van der Waals surface area contributed by atoms with E-state index in [-0.39, 0.29) is 0 Å². The van der Waals surface area contributed by atoms with Crippen LogP contribution in [0, 0.1) is 11.3 Å². The van der Waals surface area contributed by atoms with Crippen molar-refractivity contribution in [2.75, 3.05) is 26.2 Å². The Hall–Kier alpha value is -0.120. The lowest BCUT2D eigenvalue weighted by Gasteiger charge is -2.41. The van der Waals surface area contributed by atoms with Crippen molar-refractivity contribution < 1.29 is 0 Å². The molecule has 1 saturated carbocycles. The van der Waals surface area contributed by atoms with Crippen LogP contribution in [-0.4, -0.2) is 37.1 Å². The van der Waals surface area contributed by atoms with E-state index in [0.29, 0.717) is 11.5 Å². The summed E-state index contributed by atoms with van der Waals surface area (Å²) in [6, 6.07) is 0.528. The van der Waals surface area contributed by atoms with Gasteiger partial charge in [-0.1, -0.05) is 0 Å². The SMILES string of the molecule is CC(CN)N1CCC2(CC2)C(CN)C1. The minimum absolute atomic E-state index is 0.528. The molecule has 1 saturated heterocycles. The van der Waals surface area contributed by atoms with Crippen LogP contribution in [0.1, 0.15) is 26.2 Å². The molecule has 2 rings (SSSR count). The number of hydrogen-bond donors (Lipinski definition) is 2. The maximum Gasteiger partial charge on any atom is 0.0190 e. The molecule has 1 aliphatic heterocycles. The first-order valence-corrected chi connectivity index (χ1v) is 5.86. The molecule has 82 valence electrons. The first kappa shape index (κ1) is 10.4. The van der Waals surface area contributed by atoms with Crippen LogP contribution < -0.4 is 11.5 Å². The normalized spacial score (nSPS) is 33.2. The predicted molar refractivity (Wildman–Crippen MR) is 58.9 cm³/mol. The van der Waals surface area contributed by atoms with E-state index >= 15 is 0 Å². The van der Waals surface area contributed by atoms with Crippen molar-refractivity contribution in [1.29, 1.82) is 0 Å².